The van der Waals surface area contributed by atoms with Gasteiger partial charge in [-0.2, -0.15) is 13.2 Å². The molecule has 0 radical (unpaired) electrons. The lowest BCUT2D eigenvalue weighted by Crippen LogP contribution is -2.23. The molecule has 0 spiro atoms. The minimum atomic E-state index is -4.12. The summed E-state index contributed by atoms with van der Waals surface area (Å²) in [6.07, 6.45) is -3.57. The average Bonchev–Trinajstić information content (AvgIpc) is 2.35. The lowest BCUT2D eigenvalue weighted by molar-refractivity contribution is -0.135. The number of rotatable bonds is 7. The molecule has 0 aliphatic carbocycles. The van der Waals surface area contributed by atoms with Crippen LogP contribution < -0.4 is 5.32 Å². The zero-order valence-electron chi connectivity index (χ0n) is 11.2. The third kappa shape index (κ3) is 6.33. The van der Waals surface area contributed by atoms with Crippen LogP contribution >= 0.6 is 23.2 Å². The molecule has 0 fully saturated rings. The molecule has 6 heteroatoms. The van der Waals surface area contributed by atoms with Crippen molar-refractivity contribution in [2.24, 2.45) is 0 Å². The Morgan fingerprint density at radius 2 is 1.95 bits per heavy atom. The van der Waals surface area contributed by atoms with Crippen LogP contribution in [0, 0.1) is 0 Å². The molecule has 0 bridgehead atoms. The van der Waals surface area contributed by atoms with Gasteiger partial charge in [-0.25, -0.2) is 0 Å². The van der Waals surface area contributed by atoms with E-state index in [4.69, 9.17) is 23.2 Å². The van der Waals surface area contributed by atoms with Crippen molar-refractivity contribution in [1.82, 2.24) is 5.32 Å². The molecule has 0 aliphatic rings. The van der Waals surface area contributed by atoms with Crippen molar-refractivity contribution < 1.29 is 13.2 Å². The molecule has 0 amide bonds. The molecule has 0 aliphatic heterocycles. The second-order valence-electron chi connectivity index (χ2n) is 4.68. The summed E-state index contributed by atoms with van der Waals surface area (Å²) in [4.78, 5) is 0. The van der Waals surface area contributed by atoms with E-state index in [1.807, 2.05) is 6.92 Å². The maximum atomic E-state index is 12.2. The highest BCUT2D eigenvalue weighted by Gasteiger charge is 2.27. The van der Waals surface area contributed by atoms with Gasteiger partial charge in [0.2, 0.25) is 0 Å². The molecule has 1 atom stereocenters. The van der Waals surface area contributed by atoms with Crippen molar-refractivity contribution in [2.75, 3.05) is 6.54 Å². The van der Waals surface area contributed by atoms with Crippen LogP contribution in [0.4, 0.5) is 13.2 Å². The summed E-state index contributed by atoms with van der Waals surface area (Å²) >= 11 is 12.1. The van der Waals surface area contributed by atoms with E-state index < -0.39 is 12.6 Å². The van der Waals surface area contributed by atoms with Gasteiger partial charge in [-0.1, -0.05) is 30.1 Å². The van der Waals surface area contributed by atoms with Crippen LogP contribution in [0.2, 0.25) is 10.0 Å². The Labute approximate surface area is 127 Å². The molecule has 1 unspecified atom stereocenters. The summed E-state index contributed by atoms with van der Waals surface area (Å²) in [6.45, 7) is 2.72. The summed E-state index contributed by atoms with van der Waals surface area (Å²) in [5, 5.41) is 4.28. The quantitative estimate of drug-likeness (QED) is 0.670. The highest BCUT2D eigenvalue weighted by Crippen LogP contribution is 2.31. The van der Waals surface area contributed by atoms with Gasteiger partial charge in [0.25, 0.3) is 0 Å². The van der Waals surface area contributed by atoms with Crippen molar-refractivity contribution in [3.8, 4) is 0 Å². The number of nitrogens with one attached hydrogen (secondary N) is 1. The van der Waals surface area contributed by atoms with Crippen molar-refractivity contribution >= 4 is 23.2 Å². The van der Waals surface area contributed by atoms with Gasteiger partial charge >= 0.3 is 6.18 Å². The topological polar surface area (TPSA) is 12.0 Å². The molecular weight excluding hydrogens is 310 g/mol. The Hall–Kier alpha value is -0.450. The number of halogens is 5. The molecule has 1 N–H and O–H groups in total. The third-order valence-electron chi connectivity index (χ3n) is 2.93. The highest BCUT2D eigenvalue weighted by atomic mass is 35.5. The normalized spacial score (nSPS) is 13.5. The number of alkyl halides is 3. The van der Waals surface area contributed by atoms with E-state index in [9.17, 15) is 13.2 Å². The van der Waals surface area contributed by atoms with Gasteiger partial charge in [0.15, 0.2) is 0 Å². The zero-order valence-corrected chi connectivity index (χ0v) is 12.7. The van der Waals surface area contributed by atoms with Gasteiger partial charge < -0.3 is 5.32 Å². The van der Waals surface area contributed by atoms with Crippen LogP contribution in [0.25, 0.3) is 0 Å². The maximum Gasteiger partial charge on any atom is 0.389 e. The number of benzene rings is 1. The SMILES string of the molecule is CCCNC(CCCC(F)(F)F)c1cc(Cl)ccc1Cl. The summed E-state index contributed by atoms with van der Waals surface area (Å²) in [5.41, 5.74) is 0.759. The van der Waals surface area contributed by atoms with Gasteiger partial charge in [-0.3, -0.25) is 0 Å². The first-order chi connectivity index (χ1) is 9.33. The minimum Gasteiger partial charge on any atom is -0.310 e. The van der Waals surface area contributed by atoms with Gasteiger partial charge in [-0.05, 0) is 49.6 Å². The van der Waals surface area contributed by atoms with Crippen molar-refractivity contribution in [3.05, 3.63) is 33.8 Å². The van der Waals surface area contributed by atoms with E-state index in [-0.39, 0.29) is 12.5 Å². The first-order valence-corrected chi connectivity index (χ1v) is 7.34. The van der Waals surface area contributed by atoms with E-state index in [2.05, 4.69) is 5.32 Å². The van der Waals surface area contributed by atoms with Crippen LogP contribution in [0.5, 0.6) is 0 Å². The zero-order chi connectivity index (χ0) is 15.2. The first-order valence-electron chi connectivity index (χ1n) is 6.58. The predicted molar refractivity (Wildman–Crippen MR) is 77.4 cm³/mol. The number of hydrogen-bond donors (Lipinski definition) is 1. The molecule has 0 saturated heterocycles. The fraction of sp³-hybridized carbons (Fsp3) is 0.571. The fourth-order valence-electron chi connectivity index (χ4n) is 1.97. The largest absolute Gasteiger partial charge is 0.389 e. The summed E-state index contributed by atoms with van der Waals surface area (Å²) in [6, 6.07) is 4.84. The molecule has 1 rings (SSSR count). The summed E-state index contributed by atoms with van der Waals surface area (Å²) in [7, 11) is 0. The fourth-order valence-corrected chi connectivity index (χ4v) is 2.40. The lowest BCUT2D eigenvalue weighted by atomic mass is 10.0. The summed E-state index contributed by atoms with van der Waals surface area (Å²) < 4.78 is 36.7. The predicted octanol–water partition coefficient (Wildman–Crippen LogP) is 5.77. The molecule has 1 nitrogen and oxygen atoms in total. The second-order valence-corrected chi connectivity index (χ2v) is 5.52. The van der Waals surface area contributed by atoms with E-state index in [1.54, 1.807) is 18.2 Å². The summed E-state index contributed by atoms with van der Waals surface area (Å²) in [5.74, 6) is 0. The lowest BCUT2D eigenvalue weighted by Gasteiger charge is -2.21. The van der Waals surface area contributed by atoms with Gasteiger partial charge in [-0.15, -0.1) is 0 Å². The smallest absolute Gasteiger partial charge is 0.310 e. The highest BCUT2D eigenvalue weighted by molar-refractivity contribution is 6.33. The monoisotopic (exact) mass is 327 g/mol. The van der Waals surface area contributed by atoms with Crippen LogP contribution in [0.3, 0.4) is 0 Å². The molecule has 0 saturated carbocycles. The molecule has 0 heterocycles. The average molecular weight is 328 g/mol. The molecule has 1 aromatic carbocycles. The Balaban J connectivity index is 2.75. The van der Waals surface area contributed by atoms with Crippen molar-refractivity contribution in [1.29, 1.82) is 0 Å². The Morgan fingerprint density at radius 3 is 2.55 bits per heavy atom. The van der Waals surface area contributed by atoms with Gasteiger partial charge in [0, 0.05) is 22.5 Å². The maximum absolute atomic E-state index is 12.2. The van der Waals surface area contributed by atoms with Gasteiger partial charge in [0.1, 0.15) is 0 Å². The molecule has 1 aromatic rings. The van der Waals surface area contributed by atoms with Crippen LogP contribution in [-0.2, 0) is 0 Å². The second kappa shape index (κ2) is 8.11. The standard InChI is InChI=1S/C14H18Cl2F3N/c1-2-8-20-13(4-3-7-14(17,18)19)11-9-10(15)5-6-12(11)16/h5-6,9,13,20H,2-4,7-8H2,1H3. The Kier molecular flexibility index (Phi) is 7.13. The van der Waals surface area contributed by atoms with E-state index in [1.165, 1.54) is 0 Å². The van der Waals surface area contributed by atoms with E-state index in [0.717, 1.165) is 18.5 Å². The first kappa shape index (κ1) is 17.6. The van der Waals surface area contributed by atoms with Crippen LogP contribution in [-0.4, -0.2) is 12.7 Å². The van der Waals surface area contributed by atoms with Crippen molar-refractivity contribution in [3.63, 3.8) is 0 Å². The Bertz CT molecular complexity index is 421. The third-order valence-corrected chi connectivity index (χ3v) is 3.51. The van der Waals surface area contributed by atoms with Gasteiger partial charge in [0.05, 0.1) is 0 Å². The van der Waals surface area contributed by atoms with Crippen molar-refractivity contribution in [2.45, 2.75) is 44.8 Å². The van der Waals surface area contributed by atoms with E-state index >= 15 is 0 Å². The molecule has 114 valence electrons. The molecular formula is C14H18Cl2F3N. The Morgan fingerprint density at radius 1 is 1.25 bits per heavy atom. The molecule has 0 aromatic heterocycles. The van der Waals surface area contributed by atoms with Crippen LogP contribution in [0.15, 0.2) is 18.2 Å². The number of hydrogen-bond acceptors (Lipinski definition) is 1. The van der Waals surface area contributed by atoms with E-state index in [0.29, 0.717) is 16.5 Å². The minimum absolute atomic E-state index is 0.0632. The molecule has 20 heavy (non-hydrogen) atoms. The van der Waals surface area contributed by atoms with Crippen LogP contribution in [0.1, 0.15) is 44.2 Å².